The maximum absolute atomic E-state index is 12.4. The highest BCUT2D eigenvalue weighted by Gasteiger charge is 2.22. The molecule has 2 aromatic rings. The monoisotopic (exact) mass is 458 g/mol. The number of rotatable bonds is 10. The van der Waals surface area contributed by atoms with Crippen LogP contribution < -0.4 is 4.74 Å². The lowest BCUT2D eigenvalue weighted by atomic mass is 10.1. The molecule has 0 aliphatic rings. The first-order valence-electron chi connectivity index (χ1n) is 10.5. The fourth-order valence-corrected chi connectivity index (χ4v) is 2.84. The Morgan fingerprint density at radius 2 is 0.818 bits per heavy atom. The Morgan fingerprint density at radius 3 is 1.12 bits per heavy atom. The summed E-state index contributed by atoms with van der Waals surface area (Å²) in [7, 11) is 0. The largest absolute Gasteiger partial charge is 0.462 e. The van der Waals surface area contributed by atoms with E-state index in [9.17, 15) is 19.2 Å². The van der Waals surface area contributed by atoms with Crippen LogP contribution in [0.1, 0.15) is 69.1 Å². The molecule has 0 radical (unpaired) electrons. The normalized spacial score (nSPS) is 10.2. The van der Waals surface area contributed by atoms with Crippen LogP contribution in [0.5, 0.6) is 11.5 Å². The number of benzene rings is 2. The molecule has 0 aliphatic heterocycles. The van der Waals surface area contributed by atoms with Crippen molar-refractivity contribution in [3.8, 4) is 11.5 Å². The summed E-state index contributed by atoms with van der Waals surface area (Å²) in [5.41, 5.74) is 0.0168. The average Bonchev–Trinajstić information content (AvgIpc) is 2.79. The summed E-state index contributed by atoms with van der Waals surface area (Å²) in [6.45, 7) is 7.11. The van der Waals surface area contributed by atoms with E-state index in [-0.39, 0.29) is 60.2 Å². The van der Waals surface area contributed by atoms with Gasteiger partial charge < -0.3 is 23.7 Å². The first-order chi connectivity index (χ1) is 15.9. The average molecular weight is 458 g/mol. The van der Waals surface area contributed by atoms with Gasteiger partial charge in [-0.15, -0.1) is 0 Å². The van der Waals surface area contributed by atoms with Crippen molar-refractivity contribution in [3.05, 3.63) is 58.7 Å². The third-order valence-corrected chi connectivity index (χ3v) is 4.20. The Bertz CT molecular complexity index is 945. The Labute approximate surface area is 191 Å². The van der Waals surface area contributed by atoms with Gasteiger partial charge in [0.15, 0.2) is 0 Å². The van der Waals surface area contributed by atoms with Gasteiger partial charge in [0.2, 0.25) is 0 Å². The van der Waals surface area contributed by atoms with E-state index in [1.807, 2.05) is 0 Å². The molecule has 0 aromatic heterocycles. The number of esters is 4. The number of carbonyl (C=O) groups excluding carboxylic acids is 4. The van der Waals surface area contributed by atoms with E-state index in [1.165, 1.54) is 36.4 Å². The van der Waals surface area contributed by atoms with Crippen molar-refractivity contribution >= 4 is 23.9 Å². The number of hydrogen-bond donors (Lipinski definition) is 0. The fraction of sp³-hybridized carbons (Fsp3) is 0.333. The van der Waals surface area contributed by atoms with Gasteiger partial charge in [0.05, 0.1) is 48.7 Å². The van der Waals surface area contributed by atoms with Crippen molar-refractivity contribution in [1.82, 2.24) is 0 Å². The minimum absolute atomic E-state index is 0.0263. The fourth-order valence-electron chi connectivity index (χ4n) is 2.84. The summed E-state index contributed by atoms with van der Waals surface area (Å²) in [5, 5.41) is 0. The zero-order valence-electron chi connectivity index (χ0n) is 19.0. The molecule has 2 rings (SSSR count). The minimum atomic E-state index is -0.712. The van der Waals surface area contributed by atoms with E-state index in [0.29, 0.717) is 0 Å². The summed E-state index contributed by atoms with van der Waals surface area (Å²) in [5.74, 6) is -2.37. The zero-order chi connectivity index (χ0) is 24.4. The molecule has 0 unspecified atom stereocenters. The van der Waals surface area contributed by atoms with Crippen LogP contribution in [0, 0.1) is 0 Å². The van der Waals surface area contributed by atoms with Crippen LogP contribution in [0.15, 0.2) is 36.4 Å². The van der Waals surface area contributed by atoms with Crippen LogP contribution in [0.2, 0.25) is 0 Å². The summed E-state index contributed by atoms with van der Waals surface area (Å²) in [4.78, 5) is 49.2. The molecule has 0 aliphatic carbocycles. The molecule has 9 heteroatoms. The van der Waals surface area contributed by atoms with Crippen molar-refractivity contribution in [3.63, 3.8) is 0 Å². The van der Waals surface area contributed by atoms with Gasteiger partial charge in [-0.25, -0.2) is 19.2 Å². The van der Waals surface area contributed by atoms with Crippen molar-refractivity contribution in [2.24, 2.45) is 0 Å². The van der Waals surface area contributed by atoms with E-state index in [1.54, 1.807) is 27.7 Å². The minimum Gasteiger partial charge on any atom is -0.462 e. The van der Waals surface area contributed by atoms with Gasteiger partial charge in [0.25, 0.3) is 0 Å². The van der Waals surface area contributed by atoms with Crippen LogP contribution in [-0.4, -0.2) is 50.3 Å². The Hall–Kier alpha value is -3.88. The third-order valence-electron chi connectivity index (χ3n) is 4.20. The molecule has 0 heterocycles. The Kier molecular flexibility index (Phi) is 9.41. The molecule has 9 nitrogen and oxygen atoms in total. The molecule has 0 bridgehead atoms. The van der Waals surface area contributed by atoms with E-state index < -0.39 is 23.9 Å². The Morgan fingerprint density at radius 1 is 0.515 bits per heavy atom. The molecule has 0 amide bonds. The molecule has 0 spiro atoms. The molecule has 33 heavy (non-hydrogen) atoms. The van der Waals surface area contributed by atoms with Gasteiger partial charge >= 0.3 is 23.9 Å². The van der Waals surface area contributed by atoms with E-state index in [2.05, 4.69) is 0 Å². The lowest BCUT2D eigenvalue weighted by molar-refractivity contribution is 0.0478. The van der Waals surface area contributed by atoms with Crippen LogP contribution in [0.25, 0.3) is 0 Å². The predicted molar refractivity (Wildman–Crippen MR) is 117 cm³/mol. The van der Waals surface area contributed by atoms with Crippen molar-refractivity contribution in [2.75, 3.05) is 26.4 Å². The second kappa shape index (κ2) is 12.2. The standard InChI is InChI=1S/C24H26O9/c1-5-29-21(25)17-11-9-15(13-19(17)23(27)31-7-3)33-16-10-12-18(22(26)30-6-2)20(14-16)24(28)32-8-4/h9-14H,5-8H2,1-4H3. The molecule has 0 saturated carbocycles. The van der Waals surface area contributed by atoms with E-state index in [4.69, 9.17) is 23.7 Å². The predicted octanol–water partition coefficient (Wildman–Crippen LogP) is 4.19. The zero-order valence-corrected chi connectivity index (χ0v) is 19.0. The van der Waals surface area contributed by atoms with E-state index >= 15 is 0 Å². The second-order valence-electron chi connectivity index (χ2n) is 6.40. The highest BCUT2D eigenvalue weighted by Crippen LogP contribution is 2.28. The second-order valence-corrected chi connectivity index (χ2v) is 6.40. The van der Waals surface area contributed by atoms with Gasteiger partial charge in [-0.1, -0.05) is 0 Å². The van der Waals surface area contributed by atoms with E-state index in [0.717, 1.165) is 0 Å². The summed E-state index contributed by atoms with van der Waals surface area (Å²) >= 11 is 0. The third kappa shape index (κ3) is 6.55. The van der Waals surface area contributed by atoms with Crippen LogP contribution in [-0.2, 0) is 18.9 Å². The van der Waals surface area contributed by atoms with Crippen LogP contribution in [0.4, 0.5) is 0 Å². The highest BCUT2D eigenvalue weighted by atomic mass is 16.5. The van der Waals surface area contributed by atoms with Crippen LogP contribution in [0.3, 0.4) is 0 Å². The summed E-state index contributed by atoms with van der Waals surface area (Å²) in [6, 6.07) is 8.40. The molecule has 2 aromatic carbocycles. The molecule has 0 saturated heterocycles. The SMILES string of the molecule is CCOC(=O)c1ccc(Oc2ccc(C(=O)OCC)c(C(=O)OCC)c2)cc1C(=O)OCC. The van der Waals surface area contributed by atoms with Crippen molar-refractivity contribution in [1.29, 1.82) is 0 Å². The van der Waals surface area contributed by atoms with Crippen LogP contribution >= 0.6 is 0 Å². The van der Waals surface area contributed by atoms with Crippen molar-refractivity contribution in [2.45, 2.75) is 27.7 Å². The van der Waals surface area contributed by atoms with Gasteiger partial charge in [-0.2, -0.15) is 0 Å². The number of ether oxygens (including phenoxy) is 5. The lowest BCUT2D eigenvalue weighted by Gasteiger charge is -2.13. The van der Waals surface area contributed by atoms with Gasteiger partial charge in [-0.3, -0.25) is 0 Å². The smallest absolute Gasteiger partial charge is 0.339 e. The topological polar surface area (TPSA) is 114 Å². The van der Waals surface area contributed by atoms with Crippen molar-refractivity contribution < 1.29 is 42.9 Å². The highest BCUT2D eigenvalue weighted by molar-refractivity contribution is 6.04. The molecule has 0 fully saturated rings. The van der Waals surface area contributed by atoms with Gasteiger partial charge in [0, 0.05) is 0 Å². The maximum Gasteiger partial charge on any atom is 0.339 e. The molecular formula is C24H26O9. The molecule has 0 N–H and O–H groups in total. The molecule has 0 atom stereocenters. The van der Waals surface area contributed by atoms with Gasteiger partial charge in [-0.05, 0) is 64.1 Å². The number of hydrogen-bond acceptors (Lipinski definition) is 9. The Balaban J connectivity index is 2.44. The molecule has 176 valence electrons. The lowest BCUT2D eigenvalue weighted by Crippen LogP contribution is -2.14. The first-order valence-corrected chi connectivity index (χ1v) is 10.5. The summed E-state index contributed by atoms with van der Waals surface area (Å²) < 4.78 is 25.8. The van der Waals surface area contributed by atoms with Gasteiger partial charge in [0.1, 0.15) is 11.5 Å². The quantitative estimate of drug-likeness (QED) is 0.382. The maximum atomic E-state index is 12.4. The molecular weight excluding hydrogens is 432 g/mol. The summed E-state index contributed by atoms with van der Waals surface area (Å²) in [6.07, 6.45) is 0. The first kappa shape index (κ1) is 25.4. The number of carbonyl (C=O) groups is 4.